The van der Waals surface area contributed by atoms with E-state index < -0.39 is 23.3 Å². The van der Waals surface area contributed by atoms with Gasteiger partial charge >= 0.3 is 6.09 Å². The van der Waals surface area contributed by atoms with Crippen molar-refractivity contribution in [3.8, 4) is 0 Å². The summed E-state index contributed by atoms with van der Waals surface area (Å²) in [5.74, 6) is 0. The molecule has 1 amide bonds. The Balaban J connectivity index is 4.71. The quantitative estimate of drug-likeness (QED) is 0.741. The van der Waals surface area contributed by atoms with E-state index in [4.69, 9.17) is 4.74 Å². The SMILES string of the molecule is CN(C(=O)OC(C)(C)C)C(C=O)C(C)(C)O. The van der Waals surface area contributed by atoms with Crippen LogP contribution in [0.5, 0.6) is 0 Å². The van der Waals surface area contributed by atoms with Gasteiger partial charge in [-0.25, -0.2) is 4.79 Å². The van der Waals surface area contributed by atoms with Crippen LogP contribution in [0.4, 0.5) is 4.79 Å². The van der Waals surface area contributed by atoms with Gasteiger partial charge in [0.05, 0.1) is 5.60 Å². The Morgan fingerprint density at radius 1 is 1.31 bits per heavy atom. The molecule has 0 spiro atoms. The third-order valence-electron chi connectivity index (χ3n) is 1.95. The predicted octanol–water partition coefficient (Wildman–Crippen LogP) is 1.19. The van der Waals surface area contributed by atoms with Crippen LogP contribution in [-0.2, 0) is 9.53 Å². The lowest BCUT2D eigenvalue weighted by Crippen LogP contribution is -2.52. The maximum atomic E-state index is 11.6. The number of carbonyl (C=O) groups excluding carboxylic acids is 2. The van der Waals surface area contributed by atoms with E-state index in [1.807, 2.05) is 0 Å². The Morgan fingerprint density at radius 3 is 2.00 bits per heavy atom. The Labute approximate surface area is 96.4 Å². The summed E-state index contributed by atoms with van der Waals surface area (Å²) in [5.41, 5.74) is -1.92. The number of hydrogen-bond acceptors (Lipinski definition) is 4. The topological polar surface area (TPSA) is 66.8 Å². The smallest absolute Gasteiger partial charge is 0.410 e. The van der Waals surface area contributed by atoms with E-state index in [9.17, 15) is 14.7 Å². The van der Waals surface area contributed by atoms with Crippen molar-refractivity contribution in [2.24, 2.45) is 0 Å². The van der Waals surface area contributed by atoms with Gasteiger partial charge in [0.1, 0.15) is 17.9 Å². The van der Waals surface area contributed by atoms with Crippen molar-refractivity contribution in [1.82, 2.24) is 4.90 Å². The summed E-state index contributed by atoms with van der Waals surface area (Å²) in [4.78, 5) is 23.6. The first kappa shape index (κ1) is 14.9. The van der Waals surface area contributed by atoms with Crippen molar-refractivity contribution in [1.29, 1.82) is 0 Å². The van der Waals surface area contributed by atoms with Crippen molar-refractivity contribution >= 4 is 12.4 Å². The summed E-state index contributed by atoms with van der Waals surface area (Å²) < 4.78 is 5.09. The fourth-order valence-electron chi connectivity index (χ4n) is 1.18. The van der Waals surface area contributed by atoms with Gasteiger partial charge in [-0.15, -0.1) is 0 Å². The molecule has 0 rings (SSSR count). The molecule has 0 aromatic carbocycles. The number of carbonyl (C=O) groups is 2. The molecule has 0 heterocycles. The second-order valence-electron chi connectivity index (χ2n) is 5.33. The Morgan fingerprint density at radius 2 is 1.75 bits per heavy atom. The summed E-state index contributed by atoms with van der Waals surface area (Å²) in [6.45, 7) is 8.14. The highest BCUT2D eigenvalue weighted by molar-refractivity contribution is 5.74. The van der Waals surface area contributed by atoms with Gasteiger partial charge in [0.2, 0.25) is 0 Å². The highest BCUT2D eigenvalue weighted by atomic mass is 16.6. The first-order valence-corrected chi connectivity index (χ1v) is 5.12. The molecule has 5 heteroatoms. The molecule has 5 nitrogen and oxygen atoms in total. The molecule has 94 valence electrons. The molecule has 0 aromatic heterocycles. The molecule has 0 aliphatic carbocycles. The normalized spacial score (nSPS) is 14.2. The van der Waals surface area contributed by atoms with E-state index in [1.165, 1.54) is 20.9 Å². The molecule has 1 atom stereocenters. The highest BCUT2D eigenvalue weighted by Gasteiger charge is 2.34. The minimum atomic E-state index is -1.30. The molecule has 0 aliphatic heterocycles. The highest BCUT2D eigenvalue weighted by Crippen LogP contribution is 2.16. The Kier molecular flexibility index (Phi) is 4.49. The average molecular weight is 231 g/mol. The monoisotopic (exact) mass is 231 g/mol. The van der Waals surface area contributed by atoms with Crippen molar-refractivity contribution in [2.75, 3.05) is 7.05 Å². The zero-order valence-electron chi connectivity index (χ0n) is 10.8. The van der Waals surface area contributed by atoms with Crippen LogP contribution in [0.1, 0.15) is 34.6 Å². The number of rotatable bonds is 3. The number of amides is 1. The van der Waals surface area contributed by atoms with Crippen molar-refractivity contribution in [2.45, 2.75) is 51.9 Å². The Bertz CT molecular complexity index is 262. The molecule has 0 bridgehead atoms. The van der Waals surface area contributed by atoms with E-state index in [-0.39, 0.29) is 0 Å². The van der Waals surface area contributed by atoms with Crippen LogP contribution in [-0.4, -0.2) is 46.7 Å². The minimum Gasteiger partial charge on any atom is -0.444 e. The third kappa shape index (κ3) is 4.61. The second-order valence-corrected chi connectivity index (χ2v) is 5.33. The molecule has 0 fully saturated rings. The maximum absolute atomic E-state index is 11.6. The van der Waals surface area contributed by atoms with E-state index >= 15 is 0 Å². The number of likely N-dealkylation sites (N-methyl/N-ethyl adjacent to an activating group) is 1. The molecule has 1 unspecified atom stereocenters. The number of nitrogens with zero attached hydrogens (tertiary/aromatic N) is 1. The van der Waals surface area contributed by atoms with E-state index in [0.29, 0.717) is 6.29 Å². The first-order valence-electron chi connectivity index (χ1n) is 5.12. The molecular formula is C11H21NO4. The molecular weight excluding hydrogens is 210 g/mol. The molecule has 0 saturated heterocycles. The van der Waals surface area contributed by atoms with Gasteiger partial charge in [0, 0.05) is 7.05 Å². The lowest BCUT2D eigenvalue weighted by Gasteiger charge is -2.33. The molecule has 0 aromatic rings. The van der Waals surface area contributed by atoms with E-state index in [1.54, 1.807) is 20.8 Å². The molecule has 0 saturated carbocycles. The predicted molar refractivity (Wildman–Crippen MR) is 60.1 cm³/mol. The number of aldehydes is 1. The molecule has 0 radical (unpaired) electrons. The van der Waals surface area contributed by atoms with Crippen LogP contribution in [0, 0.1) is 0 Å². The average Bonchev–Trinajstić information content (AvgIpc) is 1.99. The summed E-state index contributed by atoms with van der Waals surface area (Å²) in [6.07, 6.45) is -0.101. The van der Waals surface area contributed by atoms with Crippen molar-refractivity contribution in [3.05, 3.63) is 0 Å². The van der Waals surface area contributed by atoms with Gasteiger partial charge in [-0.3, -0.25) is 4.90 Å². The van der Waals surface area contributed by atoms with Gasteiger partial charge < -0.3 is 14.6 Å². The third-order valence-corrected chi connectivity index (χ3v) is 1.95. The van der Waals surface area contributed by atoms with Crippen molar-refractivity contribution < 1.29 is 19.4 Å². The number of aliphatic hydroxyl groups is 1. The van der Waals surface area contributed by atoms with E-state index in [2.05, 4.69) is 0 Å². The fraction of sp³-hybridized carbons (Fsp3) is 0.818. The van der Waals surface area contributed by atoms with Crippen LogP contribution < -0.4 is 0 Å². The van der Waals surface area contributed by atoms with Crippen LogP contribution in [0.3, 0.4) is 0 Å². The van der Waals surface area contributed by atoms with Crippen LogP contribution >= 0.6 is 0 Å². The van der Waals surface area contributed by atoms with Gasteiger partial charge in [-0.1, -0.05) is 0 Å². The zero-order valence-corrected chi connectivity index (χ0v) is 10.8. The molecule has 1 N–H and O–H groups in total. The van der Waals surface area contributed by atoms with Crippen LogP contribution in [0.2, 0.25) is 0 Å². The second kappa shape index (κ2) is 4.82. The lowest BCUT2D eigenvalue weighted by molar-refractivity contribution is -0.119. The van der Waals surface area contributed by atoms with Gasteiger partial charge in [0.25, 0.3) is 0 Å². The summed E-state index contributed by atoms with van der Waals surface area (Å²) in [5, 5.41) is 9.71. The number of ether oxygens (including phenoxy) is 1. The zero-order chi connectivity index (χ0) is 13.1. The maximum Gasteiger partial charge on any atom is 0.410 e. The van der Waals surface area contributed by atoms with Crippen LogP contribution in [0.15, 0.2) is 0 Å². The Hall–Kier alpha value is -1.10. The summed E-state index contributed by atoms with van der Waals surface area (Å²) in [6, 6.07) is -0.928. The fourth-order valence-corrected chi connectivity index (χ4v) is 1.18. The summed E-state index contributed by atoms with van der Waals surface area (Å²) in [7, 11) is 1.42. The standard InChI is InChI=1S/C11H21NO4/c1-10(2,3)16-9(14)12(6)8(7-13)11(4,5)15/h7-8,15H,1-6H3. The number of hydrogen-bond donors (Lipinski definition) is 1. The largest absolute Gasteiger partial charge is 0.444 e. The molecule has 16 heavy (non-hydrogen) atoms. The lowest BCUT2D eigenvalue weighted by atomic mass is 9.99. The van der Waals surface area contributed by atoms with E-state index in [0.717, 1.165) is 4.90 Å². The van der Waals surface area contributed by atoms with Gasteiger partial charge in [-0.2, -0.15) is 0 Å². The van der Waals surface area contributed by atoms with Crippen molar-refractivity contribution in [3.63, 3.8) is 0 Å². The first-order chi connectivity index (χ1) is 6.99. The van der Waals surface area contributed by atoms with Gasteiger partial charge in [0.15, 0.2) is 0 Å². The van der Waals surface area contributed by atoms with Crippen LogP contribution in [0.25, 0.3) is 0 Å². The van der Waals surface area contributed by atoms with Gasteiger partial charge in [-0.05, 0) is 34.6 Å². The molecule has 0 aliphatic rings. The summed E-state index contributed by atoms with van der Waals surface area (Å²) >= 11 is 0. The minimum absolute atomic E-state index is 0.532.